The van der Waals surface area contributed by atoms with E-state index in [0.29, 0.717) is 6.04 Å². The van der Waals surface area contributed by atoms with E-state index in [9.17, 15) is 0 Å². The molecule has 6 heteroatoms. The van der Waals surface area contributed by atoms with Crippen molar-refractivity contribution in [2.45, 2.75) is 32.2 Å². The molecule has 6 nitrogen and oxygen atoms in total. The van der Waals surface area contributed by atoms with Crippen LogP contribution in [-0.4, -0.2) is 68.8 Å². The number of hydrogen-bond donors (Lipinski definition) is 2. The summed E-state index contributed by atoms with van der Waals surface area (Å²) in [7, 11) is 3.60. The second kappa shape index (κ2) is 10.3. The molecule has 0 spiro atoms. The van der Waals surface area contributed by atoms with E-state index in [0.717, 1.165) is 58.0 Å². The summed E-state index contributed by atoms with van der Waals surface area (Å²) in [5.74, 6) is 0.900. The smallest absolute Gasteiger partial charge is 0.191 e. The zero-order chi connectivity index (χ0) is 17.2. The van der Waals surface area contributed by atoms with Crippen molar-refractivity contribution in [3.63, 3.8) is 0 Å². The van der Waals surface area contributed by atoms with Crippen LogP contribution in [0, 0.1) is 6.92 Å². The van der Waals surface area contributed by atoms with E-state index in [-0.39, 0.29) is 0 Å². The average molecular weight is 333 g/mol. The summed E-state index contributed by atoms with van der Waals surface area (Å²) < 4.78 is 5.15. The first-order chi connectivity index (χ1) is 11.7. The first-order valence-corrected chi connectivity index (χ1v) is 8.81. The normalized spacial score (nSPS) is 17.0. The number of hydrogen-bond acceptors (Lipinski definition) is 4. The van der Waals surface area contributed by atoms with Crippen molar-refractivity contribution >= 4 is 5.96 Å². The summed E-state index contributed by atoms with van der Waals surface area (Å²) in [6, 6.07) is 2.58. The molecule has 0 bridgehead atoms. The molecule has 0 saturated carbocycles. The molecule has 0 atom stereocenters. The Morgan fingerprint density at radius 1 is 1.42 bits per heavy atom. The molecular weight excluding hydrogens is 302 g/mol. The van der Waals surface area contributed by atoms with Crippen LogP contribution >= 0.6 is 0 Å². The van der Waals surface area contributed by atoms with Crippen molar-refractivity contribution < 1.29 is 4.74 Å². The van der Waals surface area contributed by atoms with Gasteiger partial charge >= 0.3 is 0 Å². The van der Waals surface area contributed by atoms with Crippen molar-refractivity contribution in [1.82, 2.24) is 20.5 Å². The van der Waals surface area contributed by atoms with Crippen molar-refractivity contribution in [3.05, 3.63) is 29.6 Å². The van der Waals surface area contributed by atoms with Crippen LogP contribution in [-0.2, 0) is 11.2 Å². The van der Waals surface area contributed by atoms with Gasteiger partial charge in [-0.15, -0.1) is 0 Å². The lowest BCUT2D eigenvalue weighted by Gasteiger charge is -2.32. The Hall–Kier alpha value is -1.66. The largest absolute Gasteiger partial charge is 0.383 e. The van der Waals surface area contributed by atoms with Gasteiger partial charge in [0.05, 0.1) is 6.61 Å². The van der Waals surface area contributed by atoms with Gasteiger partial charge in [0.25, 0.3) is 0 Å². The second-order valence-corrected chi connectivity index (χ2v) is 6.30. The fraction of sp³-hybridized carbons (Fsp3) is 0.667. The summed E-state index contributed by atoms with van der Waals surface area (Å²) in [6.07, 6.45) is 7.04. The third kappa shape index (κ3) is 6.09. The number of aliphatic imine (C=N–C) groups is 1. The number of rotatable bonds is 7. The minimum absolute atomic E-state index is 0.498. The maximum absolute atomic E-state index is 5.15. The van der Waals surface area contributed by atoms with Crippen LogP contribution in [0.15, 0.2) is 23.5 Å². The van der Waals surface area contributed by atoms with Crippen LogP contribution in [0.5, 0.6) is 0 Å². The first-order valence-electron chi connectivity index (χ1n) is 8.81. The number of methoxy groups -OCH3 is 1. The van der Waals surface area contributed by atoms with E-state index in [2.05, 4.69) is 38.5 Å². The highest BCUT2D eigenvalue weighted by Gasteiger charge is 2.19. The van der Waals surface area contributed by atoms with Gasteiger partial charge in [0.2, 0.25) is 0 Å². The van der Waals surface area contributed by atoms with E-state index in [1.165, 1.54) is 11.1 Å². The molecule has 1 aromatic rings. The average Bonchev–Trinajstić information content (AvgIpc) is 2.61. The third-order valence-electron chi connectivity index (χ3n) is 4.59. The number of piperidine rings is 1. The molecule has 1 aromatic heterocycles. The number of nitrogens with zero attached hydrogens (tertiary/aromatic N) is 3. The quantitative estimate of drug-likeness (QED) is 0.580. The van der Waals surface area contributed by atoms with Crippen LogP contribution < -0.4 is 10.6 Å². The maximum Gasteiger partial charge on any atom is 0.191 e. The lowest BCUT2D eigenvalue weighted by atomic mass is 10.1. The molecule has 0 radical (unpaired) electrons. The zero-order valence-electron chi connectivity index (χ0n) is 15.2. The highest BCUT2D eigenvalue weighted by atomic mass is 16.5. The molecule has 24 heavy (non-hydrogen) atoms. The summed E-state index contributed by atoms with van der Waals surface area (Å²) >= 11 is 0. The molecule has 134 valence electrons. The predicted molar refractivity (Wildman–Crippen MR) is 98.5 cm³/mol. The third-order valence-corrected chi connectivity index (χ3v) is 4.59. The summed E-state index contributed by atoms with van der Waals surface area (Å²) in [4.78, 5) is 11.0. The summed E-state index contributed by atoms with van der Waals surface area (Å²) in [5.41, 5.74) is 2.57. The van der Waals surface area contributed by atoms with E-state index < -0.39 is 0 Å². The standard InChI is InChI=1S/C18H31N5O/c1-15-14-20-8-4-16(15)5-9-21-18(19-2)22-17-6-10-23(11-7-17)12-13-24-3/h4,8,14,17H,5-7,9-13H2,1-3H3,(H2,19,21,22). The molecule has 0 unspecified atom stereocenters. The van der Waals surface area contributed by atoms with Gasteiger partial charge in [-0.05, 0) is 43.4 Å². The Kier molecular flexibility index (Phi) is 7.98. The highest BCUT2D eigenvalue weighted by molar-refractivity contribution is 5.79. The number of aromatic nitrogens is 1. The first kappa shape index (κ1) is 18.7. The Morgan fingerprint density at radius 3 is 2.88 bits per heavy atom. The number of nitrogens with one attached hydrogen (secondary N) is 2. The summed E-state index contributed by atoms with van der Waals surface area (Å²) in [5, 5.41) is 6.97. The van der Waals surface area contributed by atoms with Gasteiger partial charge in [-0.3, -0.25) is 9.98 Å². The fourth-order valence-corrected chi connectivity index (χ4v) is 3.01. The number of guanidine groups is 1. The van der Waals surface area contributed by atoms with Crippen LogP contribution in [0.3, 0.4) is 0 Å². The molecule has 1 aliphatic heterocycles. The molecule has 0 aliphatic carbocycles. The van der Waals surface area contributed by atoms with Gasteiger partial charge in [0, 0.05) is 58.8 Å². The molecule has 0 amide bonds. The van der Waals surface area contributed by atoms with Crippen molar-refractivity contribution in [3.8, 4) is 0 Å². The molecule has 1 aliphatic rings. The van der Waals surface area contributed by atoms with E-state index >= 15 is 0 Å². The molecule has 0 aromatic carbocycles. The summed E-state index contributed by atoms with van der Waals surface area (Å²) in [6.45, 7) is 7.06. The van der Waals surface area contributed by atoms with E-state index in [1.54, 1.807) is 7.11 Å². The number of ether oxygens (including phenoxy) is 1. The lowest BCUT2D eigenvalue weighted by Crippen LogP contribution is -2.49. The van der Waals surface area contributed by atoms with Gasteiger partial charge < -0.3 is 20.3 Å². The fourth-order valence-electron chi connectivity index (χ4n) is 3.01. The Morgan fingerprint density at radius 2 is 2.21 bits per heavy atom. The predicted octanol–water partition coefficient (Wildman–Crippen LogP) is 1.21. The van der Waals surface area contributed by atoms with Gasteiger partial charge in [-0.2, -0.15) is 0 Å². The van der Waals surface area contributed by atoms with Crippen molar-refractivity contribution in [1.29, 1.82) is 0 Å². The van der Waals surface area contributed by atoms with Crippen molar-refractivity contribution in [2.24, 2.45) is 4.99 Å². The van der Waals surface area contributed by atoms with Gasteiger partial charge in [0.1, 0.15) is 0 Å². The number of aryl methyl sites for hydroxylation is 1. The van der Waals surface area contributed by atoms with Crippen LogP contribution in [0.4, 0.5) is 0 Å². The van der Waals surface area contributed by atoms with Crippen LogP contribution in [0.25, 0.3) is 0 Å². The van der Waals surface area contributed by atoms with Gasteiger partial charge in [-0.1, -0.05) is 0 Å². The molecule has 1 fully saturated rings. The number of likely N-dealkylation sites (tertiary alicyclic amines) is 1. The maximum atomic E-state index is 5.15. The van der Waals surface area contributed by atoms with Crippen LogP contribution in [0.2, 0.25) is 0 Å². The Bertz CT molecular complexity index is 512. The minimum atomic E-state index is 0.498. The second-order valence-electron chi connectivity index (χ2n) is 6.30. The zero-order valence-corrected chi connectivity index (χ0v) is 15.2. The number of pyridine rings is 1. The Balaban J connectivity index is 1.69. The Labute approximate surface area is 145 Å². The molecule has 2 heterocycles. The minimum Gasteiger partial charge on any atom is -0.383 e. The van der Waals surface area contributed by atoms with E-state index in [1.807, 2.05) is 19.4 Å². The van der Waals surface area contributed by atoms with E-state index in [4.69, 9.17) is 4.74 Å². The highest BCUT2D eigenvalue weighted by Crippen LogP contribution is 2.10. The van der Waals surface area contributed by atoms with Crippen molar-refractivity contribution in [2.75, 3.05) is 46.9 Å². The lowest BCUT2D eigenvalue weighted by molar-refractivity contribution is 0.128. The van der Waals surface area contributed by atoms with Gasteiger partial charge in [-0.25, -0.2) is 0 Å². The molecule has 1 saturated heterocycles. The topological polar surface area (TPSA) is 61.8 Å². The SMILES string of the molecule is CN=C(NCCc1ccncc1C)NC1CCN(CCOC)CC1. The van der Waals surface area contributed by atoms with Crippen LogP contribution in [0.1, 0.15) is 24.0 Å². The monoisotopic (exact) mass is 333 g/mol. The van der Waals surface area contributed by atoms with Gasteiger partial charge in [0.15, 0.2) is 5.96 Å². The molecule has 2 N–H and O–H groups in total. The molecular formula is C18H31N5O. The molecule has 2 rings (SSSR count).